The lowest BCUT2D eigenvalue weighted by molar-refractivity contribution is -0.0683. The Morgan fingerprint density at radius 1 is 1.15 bits per heavy atom. The van der Waals surface area contributed by atoms with Gasteiger partial charge in [-0.3, -0.25) is 9.69 Å². The molecule has 6 heterocycles. The van der Waals surface area contributed by atoms with E-state index in [4.69, 9.17) is 19.8 Å². The molecule has 0 aliphatic carbocycles. The van der Waals surface area contributed by atoms with Crippen LogP contribution in [0.1, 0.15) is 57.8 Å². The highest BCUT2D eigenvalue weighted by molar-refractivity contribution is 5.92. The van der Waals surface area contributed by atoms with Crippen molar-refractivity contribution >= 4 is 34.6 Å². The van der Waals surface area contributed by atoms with Crippen LogP contribution in [0.5, 0.6) is 0 Å². The van der Waals surface area contributed by atoms with E-state index in [-0.39, 0.29) is 24.2 Å². The monoisotopic (exact) mass is 461 g/mol. The second kappa shape index (κ2) is 8.50. The van der Waals surface area contributed by atoms with Crippen LogP contribution in [0.4, 0.5) is 17.5 Å². The number of nitrogens with one attached hydrogen (secondary N) is 1. The molecule has 3 atom stereocenters. The van der Waals surface area contributed by atoms with Crippen molar-refractivity contribution in [1.29, 1.82) is 0 Å². The van der Waals surface area contributed by atoms with Crippen molar-refractivity contribution in [2.45, 2.75) is 64.3 Å². The van der Waals surface area contributed by atoms with Crippen LogP contribution in [0, 0.1) is 0 Å². The molecule has 3 aliphatic rings. The minimum Gasteiger partial charge on any atom is -0.356 e. The van der Waals surface area contributed by atoms with Gasteiger partial charge in [-0.1, -0.05) is 0 Å². The molecule has 3 aromatic rings. The molecule has 0 saturated carbocycles. The number of fused-ring (bicyclic) bond motifs is 5. The van der Waals surface area contributed by atoms with Gasteiger partial charge in [-0.25, -0.2) is 15.0 Å². The number of rotatable bonds is 2. The van der Waals surface area contributed by atoms with E-state index in [1.165, 1.54) is 6.42 Å². The molecule has 1 saturated heterocycles. The minimum absolute atomic E-state index is 0.128. The van der Waals surface area contributed by atoms with Crippen LogP contribution in [0.3, 0.4) is 0 Å². The molecule has 178 valence electrons. The molecule has 0 radical (unpaired) electrons. The molecule has 10 nitrogen and oxygen atoms in total. The summed E-state index contributed by atoms with van der Waals surface area (Å²) in [7, 11) is 0. The van der Waals surface area contributed by atoms with Crippen molar-refractivity contribution in [3.63, 3.8) is 0 Å². The summed E-state index contributed by atoms with van der Waals surface area (Å²) in [6.07, 6.45) is 8.50. The second-order valence-electron chi connectivity index (χ2n) is 9.64. The molecule has 6 rings (SSSR count). The van der Waals surface area contributed by atoms with E-state index in [1.54, 1.807) is 6.20 Å². The molecule has 0 amide bonds. The van der Waals surface area contributed by atoms with Crippen LogP contribution in [0.25, 0.3) is 10.9 Å². The van der Waals surface area contributed by atoms with Gasteiger partial charge in [-0.2, -0.15) is 10.2 Å². The average Bonchev–Trinajstić information content (AvgIpc) is 3.37. The smallest absolute Gasteiger partial charge is 0.160 e. The SMILES string of the molecule is CC(C)N1N=CC2c3nccc(n3)Nc3cc4c(cn3)c(N3CCC3)nn4C(C)CCCOC21. The molecule has 3 aliphatic heterocycles. The van der Waals surface area contributed by atoms with E-state index in [9.17, 15) is 0 Å². The Hall–Kier alpha value is -3.27. The first kappa shape index (κ1) is 21.3. The number of anilines is 3. The van der Waals surface area contributed by atoms with Gasteiger partial charge < -0.3 is 15.0 Å². The first-order chi connectivity index (χ1) is 16.6. The summed E-state index contributed by atoms with van der Waals surface area (Å²) in [5, 5.41) is 16.1. The topological polar surface area (TPSA) is 96.6 Å². The molecular formula is C24H31N9O. The average molecular weight is 462 g/mol. The maximum atomic E-state index is 6.40. The number of nitrogens with zero attached hydrogens (tertiary/aromatic N) is 8. The zero-order valence-electron chi connectivity index (χ0n) is 19.9. The molecule has 0 spiro atoms. The number of ether oxygens (including phenoxy) is 1. The largest absolute Gasteiger partial charge is 0.356 e. The lowest BCUT2D eigenvalue weighted by Gasteiger charge is -2.31. The highest BCUT2D eigenvalue weighted by Gasteiger charge is 2.36. The number of hydrogen-bond donors (Lipinski definition) is 1. The van der Waals surface area contributed by atoms with Crippen molar-refractivity contribution in [2.75, 3.05) is 29.9 Å². The quantitative estimate of drug-likeness (QED) is 0.618. The summed E-state index contributed by atoms with van der Waals surface area (Å²) in [6.45, 7) is 9.21. The van der Waals surface area contributed by atoms with Gasteiger partial charge in [0.15, 0.2) is 12.0 Å². The Balaban J connectivity index is 1.40. The zero-order valence-corrected chi connectivity index (χ0v) is 19.9. The van der Waals surface area contributed by atoms with Gasteiger partial charge in [0.2, 0.25) is 0 Å². The highest BCUT2D eigenvalue weighted by Crippen LogP contribution is 2.34. The first-order valence-corrected chi connectivity index (χ1v) is 12.3. The van der Waals surface area contributed by atoms with Gasteiger partial charge in [-0.05, 0) is 46.1 Å². The molecule has 1 N–H and O–H groups in total. The molecule has 4 bridgehead atoms. The van der Waals surface area contributed by atoms with Crippen LogP contribution >= 0.6 is 0 Å². The second-order valence-corrected chi connectivity index (χ2v) is 9.64. The van der Waals surface area contributed by atoms with Crippen molar-refractivity contribution < 1.29 is 4.74 Å². The Morgan fingerprint density at radius 3 is 2.82 bits per heavy atom. The van der Waals surface area contributed by atoms with Gasteiger partial charge in [-0.15, -0.1) is 0 Å². The van der Waals surface area contributed by atoms with E-state index >= 15 is 0 Å². The molecule has 0 aromatic carbocycles. The predicted octanol–water partition coefficient (Wildman–Crippen LogP) is 3.67. The maximum absolute atomic E-state index is 6.40. The van der Waals surface area contributed by atoms with Gasteiger partial charge >= 0.3 is 0 Å². The summed E-state index contributed by atoms with van der Waals surface area (Å²) in [4.78, 5) is 16.4. The van der Waals surface area contributed by atoms with Crippen molar-refractivity contribution in [2.24, 2.45) is 5.10 Å². The summed E-state index contributed by atoms with van der Waals surface area (Å²) >= 11 is 0. The van der Waals surface area contributed by atoms with E-state index in [0.29, 0.717) is 18.2 Å². The third-order valence-electron chi connectivity index (χ3n) is 6.89. The van der Waals surface area contributed by atoms with E-state index in [2.05, 4.69) is 51.8 Å². The summed E-state index contributed by atoms with van der Waals surface area (Å²) in [5.74, 6) is 3.04. The van der Waals surface area contributed by atoms with Crippen LogP contribution in [0.2, 0.25) is 0 Å². The Kier molecular flexibility index (Phi) is 5.32. The van der Waals surface area contributed by atoms with E-state index in [1.807, 2.05) is 23.5 Å². The number of pyridine rings is 1. The van der Waals surface area contributed by atoms with Crippen molar-refractivity contribution in [1.82, 2.24) is 29.7 Å². The van der Waals surface area contributed by atoms with Crippen molar-refractivity contribution in [3.05, 3.63) is 30.4 Å². The predicted molar refractivity (Wildman–Crippen MR) is 132 cm³/mol. The lowest BCUT2D eigenvalue weighted by Crippen LogP contribution is -2.39. The summed E-state index contributed by atoms with van der Waals surface area (Å²) in [5.41, 5.74) is 1.09. The molecule has 3 aromatic heterocycles. The third-order valence-corrected chi connectivity index (χ3v) is 6.89. The van der Waals surface area contributed by atoms with Crippen molar-refractivity contribution in [3.8, 4) is 0 Å². The fraction of sp³-hybridized carbons (Fsp3) is 0.542. The lowest BCUT2D eigenvalue weighted by atomic mass is 10.1. The minimum atomic E-state index is -0.218. The maximum Gasteiger partial charge on any atom is 0.160 e. The molecular weight excluding hydrogens is 430 g/mol. The van der Waals surface area contributed by atoms with Gasteiger partial charge in [0, 0.05) is 56.5 Å². The molecule has 34 heavy (non-hydrogen) atoms. The van der Waals surface area contributed by atoms with Crippen LogP contribution in [-0.4, -0.2) is 67.9 Å². The molecule has 3 unspecified atom stereocenters. The highest BCUT2D eigenvalue weighted by atomic mass is 16.5. The molecule has 1 fully saturated rings. The Labute approximate surface area is 199 Å². The number of hydrazone groups is 1. The fourth-order valence-corrected chi connectivity index (χ4v) is 4.88. The Bertz CT molecular complexity index is 1220. The third kappa shape index (κ3) is 3.66. The zero-order chi connectivity index (χ0) is 23.2. The van der Waals surface area contributed by atoms with E-state index < -0.39 is 0 Å². The normalized spacial score (nSPS) is 24.6. The van der Waals surface area contributed by atoms with E-state index in [0.717, 1.165) is 48.5 Å². The molecule has 10 heteroatoms. The number of aromatic nitrogens is 5. The summed E-state index contributed by atoms with van der Waals surface area (Å²) in [6, 6.07) is 4.40. The van der Waals surface area contributed by atoms with Crippen LogP contribution in [0.15, 0.2) is 29.6 Å². The van der Waals surface area contributed by atoms with Gasteiger partial charge in [0.25, 0.3) is 0 Å². The first-order valence-electron chi connectivity index (χ1n) is 12.3. The summed E-state index contributed by atoms with van der Waals surface area (Å²) < 4.78 is 8.56. The number of hydrogen-bond acceptors (Lipinski definition) is 9. The van der Waals surface area contributed by atoms with Crippen LogP contribution < -0.4 is 10.2 Å². The fourth-order valence-electron chi connectivity index (χ4n) is 4.88. The standard InChI is InChI=1S/C24H31N9O/c1-15(2)32-24-18(14-27-32)22-25-8-7-20(29-22)28-21-12-19-17(13-26-21)23(31-9-5-10-31)30-33(19)16(3)6-4-11-34-24/h7-8,12-16,18,24H,4-6,9-11H2,1-3H3,(H,25,26,28,29). The van der Waals surface area contributed by atoms with Gasteiger partial charge in [0.05, 0.1) is 10.9 Å². The van der Waals surface area contributed by atoms with Crippen LogP contribution in [-0.2, 0) is 4.74 Å². The van der Waals surface area contributed by atoms with Gasteiger partial charge in [0.1, 0.15) is 23.4 Å². The Morgan fingerprint density at radius 2 is 2.03 bits per heavy atom.